The summed E-state index contributed by atoms with van der Waals surface area (Å²) in [5.41, 5.74) is -0.340. The van der Waals surface area contributed by atoms with Crippen LogP contribution >= 0.6 is 0 Å². The fourth-order valence-corrected chi connectivity index (χ4v) is 4.49. The summed E-state index contributed by atoms with van der Waals surface area (Å²) in [4.78, 5) is 37.9. The molecule has 0 radical (unpaired) electrons. The highest BCUT2D eigenvalue weighted by Gasteiger charge is 2.38. The third-order valence-corrected chi connectivity index (χ3v) is 6.61. The zero-order valence-corrected chi connectivity index (χ0v) is 23.8. The van der Waals surface area contributed by atoms with Crippen LogP contribution in [-0.2, 0) is 28.5 Å². The molecule has 3 rings (SSSR count). The lowest BCUT2D eigenvalue weighted by atomic mass is 10.1. The lowest BCUT2D eigenvalue weighted by molar-refractivity contribution is -0.141. The molecule has 2 aromatic heterocycles. The predicted octanol–water partition coefficient (Wildman–Crippen LogP) is 3.96. The van der Waals surface area contributed by atoms with Gasteiger partial charge in [0.1, 0.15) is 18.2 Å². The van der Waals surface area contributed by atoms with Gasteiger partial charge in [0.2, 0.25) is 0 Å². The molecule has 2 aromatic rings. The Kier molecular flexibility index (Phi) is 11.4. The number of carbonyl (C=O) groups is 2. The molecule has 0 aliphatic carbocycles. The van der Waals surface area contributed by atoms with Crippen LogP contribution in [0.2, 0.25) is 0 Å². The average Bonchev–Trinajstić information content (AvgIpc) is 2.91. The predicted molar refractivity (Wildman–Crippen MR) is 147 cm³/mol. The number of anilines is 1. The van der Waals surface area contributed by atoms with Crippen LogP contribution < -0.4 is 10.6 Å². The van der Waals surface area contributed by atoms with Crippen LogP contribution in [0.25, 0.3) is 0 Å². The summed E-state index contributed by atoms with van der Waals surface area (Å²) in [6.07, 6.45) is 1.14. The van der Waals surface area contributed by atoms with Crippen molar-refractivity contribution >= 4 is 17.7 Å². The van der Waals surface area contributed by atoms with Crippen molar-refractivity contribution < 1.29 is 32.6 Å². The van der Waals surface area contributed by atoms with Crippen molar-refractivity contribution in [2.45, 2.75) is 77.1 Å². The van der Waals surface area contributed by atoms with Crippen LogP contribution in [0.4, 0.5) is 19.0 Å². The largest absolute Gasteiger partial charge is 0.480 e. The van der Waals surface area contributed by atoms with Crippen LogP contribution in [0.3, 0.4) is 0 Å². The molecule has 0 spiro atoms. The summed E-state index contributed by atoms with van der Waals surface area (Å²) in [7, 11) is 0. The number of carboxylic acid groups (broad SMARTS) is 1. The van der Waals surface area contributed by atoms with Gasteiger partial charge in [0, 0.05) is 31.5 Å². The first kappa shape index (κ1) is 32.2. The van der Waals surface area contributed by atoms with Gasteiger partial charge in [-0.05, 0) is 77.5 Å². The minimum absolute atomic E-state index is 0.0102. The van der Waals surface area contributed by atoms with E-state index in [1.807, 2.05) is 25.7 Å². The Hall–Kier alpha value is -3.32. The maximum Gasteiger partial charge on any atom is 0.434 e. The van der Waals surface area contributed by atoms with Gasteiger partial charge < -0.3 is 25.4 Å². The van der Waals surface area contributed by atoms with Gasteiger partial charge in [0.15, 0.2) is 5.69 Å². The van der Waals surface area contributed by atoms with Crippen LogP contribution in [0.15, 0.2) is 24.7 Å². The van der Waals surface area contributed by atoms with E-state index < -0.39 is 35.4 Å². The quantitative estimate of drug-likeness (QED) is 0.284. The molecule has 0 saturated heterocycles. The Balaban J connectivity index is 1.57. The standard InChI is InChI=1S/C28H39F3N6O4/c1-27(2,3)41-16-15-37(13-5-4-8-20-10-9-19-7-6-12-33-24(19)35-20)14-11-22(26(39)40)36-25(38)21-17-32-18-34-23(21)28(29,30)31/h9-10,17-18,22H,4-8,11-16H2,1-3H3,(H,33,35)(H,36,38)(H,39,40). The number of alkyl halides is 3. The van der Waals surface area contributed by atoms with E-state index in [1.165, 1.54) is 5.56 Å². The molecule has 226 valence electrons. The van der Waals surface area contributed by atoms with Crippen molar-refractivity contribution in [1.82, 2.24) is 25.2 Å². The first-order valence-electron chi connectivity index (χ1n) is 13.8. The zero-order chi connectivity index (χ0) is 30.0. The van der Waals surface area contributed by atoms with Crippen molar-refractivity contribution in [2.24, 2.45) is 0 Å². The average molecular weight is 581 g/mol. The number of aryl methyl sites for hydroxylation is 2. The van der Waals surface area contributed by atoms with E-state index in [0.717, 1.165) is 56.4 Å². The summed E-state index contributed by atoms with van der Waals surface area (Å²) in [5.74, 6) is -1.58. The lowest BCUT2D eigenvalue weighted by Gasteiger charge is -2.27. The van der Waals surface area contributed by atoms with Crippen molar-refractivity contribution in [1.29, 1.82) is 0 Å². The molecule has 10 nitrogen and oxygen atoms in total. The zero-order valence-electron chi connectivity index (χ0n) is 23.8. The Bertz CT molecular complexity index is 1170. The first-order chi connectivity index (χ1) is 19.3. The lowest BCUT2D eigenvalue weighted by Crippen LogP contribution is -2.44. The maximum absolute atomic E-state index is 13.3. The van der Waals surface area contributed by atoms with Crippen LogP contribution in [-0.4, -0.2) is 81.3 Å². The van der Waals surface area contributed by atoms with E-state index in [-0.39, 0.29) is 12.0 Å². The van der Waals surface area contributed by atoms with Gasteiger partial charge in [-0.15, -0.1) is 0 Å². The number of aliphatic carboxylic acids is 1. The van der Waals surface area contributed by atoms with Gasteiger partial charge >= 0.3 is 12.1 Å². The molecule has 3 heterocycles. The van der Waals surface area contributed by atoms with E-state index in [9.17, 15) is 27.9 Å². The van der Waals surface area contributed by atoms with Crippen molar-refractivity contribution in [2.75, 3.05) is 38.1 Å². The van der Waals surface area contributed by atoms with Gasteiger partial charge in [0.05, 0.1) is 17.8 Å². The van der Waals surface area contributed by atoms with Crippen LogP contribution in [0.1, 0.15) is 73.8 Å². The highest BCUT2D eigenvalue weighted by atomic mass is 19.4. The smallest absolute Gasteiger partial charge is 0.434 e. The number of hydrogen-bond acceptors (Lipinski definition) is 8. The molecule has 0 saturated carbocycles. The van der Waals surface area contributed by atoms with E-state index in [4.69, 9.17) is 9.72 Å². The minimum Gasteiger partial charge on any atom is -0.480 e. The molecule has 0 fully saturated rings. The number of aromatic nitrogens is 3. The molecule has 0 aromatic carbocycles. The molecule has 1 aliphatic heterocycles. The van der Waals surface area contributed by atoms with Gasteiger partial charge in [-0.3, -0.25) is 4.79 Å². The Labute approximate surface area is 238 Å². The molecule has 3 N–H and O–H groups in total. The number of carbonyl (C=O) groups excluding carboxylic acids is 1. The second-order valence-corrected chi connectivity index (χ2v) is 11.0. The molecule has 1 amide bonds. The Morgan fingerprint density at radius 3 is 2.66 bits per heavy atom. The number of unbranched alkanes of at least 4 members (excludes halogenated alkanes) is 1. The molecule has 1 aliphatic rings. The second kappa shape index (κ2) is 14.5. The normalized spacial score (nSPS) is 14.3. The maximum atomic E-state index is 13.3. The van der Waals surface area contributed by atoms with Gasteiger partial charge in [-0.1, -0.05) is 6.07 Å². The molecular weight excluding hydrogens is 541 g/mol. The number of hydrogen-bond donors (Lipinski definition) is 3. The molecule has 1 unspecified atom stereocenters. The molecular formula is C28H39F3N6O4. The van der Waals surface area contributed by atoms with Gasteiger partial charge in [-0.25, -0.2) is 19.7 Å². The van der Waals surface area contributed by atoms with Crippen molar-refractivity contribution in [3.8, 4) is 0 Å². The molecule has 1 atom stereocenters. The number of nitrogens with one attached hydrogen (secondary N) is 2. The highest BCUT2D eigenvalue weighted by Crippen LogP contribution is 2.29. The first-order valence-corrected chi connectivity index (χ1v) is 13.8. The van der Waals surface area contributed by atoms with Crippen molar-refractivity contribution in [3.05, 3.63) is 47.2 Å². The third kappa shape index (κ3) is 10.5. The van der Waals surface area contributed by atoms with Crippen LogP contribution in [0, 0.1) is 0 Å². The molecule has 0 bridgehead atoms. The Morgan fingerprint density at radius 1 is 1.17 bits per heavy atom. The van der Waals surface area contributed by atoms with E-state index in [0.29, 0.717) is 32.6 Å². The van der Waals surface area contributed by atoms with E-state index >= 15 is 0 Å². The number of pyridine rings is 1. The number of ether oxygens (including phenoxy) is 1. The second-order valence-electron chi connectivity index (χ2n) is 11.0. The minimum atomic E-state index is -4.89. The fourth-order valence-electron chi connectivity index (χ4n) is 4.49. The number of amides is 1. The monoisotopic (exact) mass is 580 g/mol. The topological polar surface area (TPSA) is 130 Å². The number of fused-ring (bicyclic) bond motifs is 1. The van der Waals surface area contributed by atoms with Gasteiger partial charge in [0.25, 0.3) is 5.91 Å². The number of nitrogens with zero attached hydrogens (tertiary/aromatic N) is 4. The summed E-state index contributed by atoms with van der Waals surface area (Å²) in [5, 5.41) is 15.2. The van der Waals surface area contributed by atoms with E-state index in [1.54, 1.807) is 0 Å². The van der Waals surface area contributed by atoms with E-state index in [2.05, 4.69) is 32.7 Å². The number of carboxylic acids is 1. The Morgan fingerprint density at radius 2 is 1.95 bits per heavy atom. The summed E-state index contributed by atoms with van der Waals surface area (Å²) >= 11 is 0. The van der Waals surface area contributed by atoms with Gasteiger partial charge in [-0.2, -0.15) is 13.2 Å². The summed E-state index contributed by atoms with van der Waals surface area (Å²) in [6.45, 7) is 8.65. The SMILES string of the molecule is CC(C)(C)OCCN(CCCCc1ccc2c(n1)NCCC2)CCC(NC(=O)c1cncnc1C(F)(F)F)C(=O)O. The summed E-state index contributed by atoms with van der Waals surface area (Å²) in [6, 6.07) is 2.78. The van der Waals surface area contributed by atoms with Crippen molar-refractivity contribution in [3.63, 3.8) is 0 Å². The van der Waals surface area contributed by atoms with Crippen LogP contribution in [0.5, 0.6) is 0 Å². The fraction of sp³-hybridized carbons (Fsp3) is 0.607. The highest BCUT2D eigenvalue weighted by molar-refractivity contribution is 5.97. The number of halogens is 3. The third-order valence-electron chi connectivity index (χ3n) is 6.61. The molecule has 13 heteroatoms. The summed E-state index contributed by atoms with van der Waals surface area (Å²) < 4.78 is 45.7. The number of rotatable bonds is 14. The molecule has 41 heavy (non-hydrogen) atoms.